The third kappa shape index (κ3) is 2.48. The van der Waals surface area contributed by atoms with Gasteiger partial charge in [0.1, 0.15) is 6.73 Å². The van der Waals surface area contributed by atoms with Gasteiger partial charge in [0.05, 0.1) is 12.1 Å². The molecule has 0 aromatic heterocycles. The van der Waals surface area contributed by atoms with Gasteiger partial charge in [-0.25, -0.2) is 0 Å². The first-order chi connectivity index (χ1) is 5.54. The van der Waals surface area contributed by atoms with Crippen molar-refractivity contribution in [1.82, 2.24) is 4.90 Å². The average Bonchev–Trinajstić information content (AvgIpc) is 2.33. The Balaban J connectivity index is 0.000000561. The maximum absolute atomic E-state index is 10.9. The maximum atomic E-state index is 10.9. The minimum Gasteiger partial charge on any atom is -0.359 e. The molecule has 1 amide bonds. The van der Waals surface area contributed by atoms with Crippen LogP contribution in [-0.4, -0.2) is 29.7 Å². The fourth-order valence-corrected chi connectivity index (χ4v) is 1.16. The SMILES string of the molecule is CC.CC(=O)N1COCC1(C)C. The van der Waals surface area contributed by atoms with Crippen LogP contribution in [0.2, 0.25) is 0 Å². The first kappa shape index (κ1) is 11.4. The zero-order chi connectivity index (χ0) is 9.78. The van der Waals surface area contributed by atoms with Crippen LogP contribution in [0.3, 0.4) is 0 Å². The topological polar surface area (TPSA) is 29.5 Å². The second-order valence-electron chi connectivity index (χ2n) is 3.24. The van der Waals surface area contributed by atoms with E-state index in [-0.39, 0.29) is 11.4 Å². The number of nitrogens with zero attached hydrogens (tertiary/aromatic N) is 1. The maximum Gasteiger partial charge on any atom is 0.221 e. The Hall–Kier alpha value is -0.570. The monoisotopic (exact) mass is 173 g/mol. The normalized spacial score (nSPS) is 19.9. The third-order valence-corrected chi connectivity index (χ3v) is 1.79. The van der Waals surface area contributed by atoms with Crippen molar-refractivity contribution in [2.45, 2.75) is 40.2 Å². The summed E-state index contributed by atoms with van der Waals surface area (Å²) in [7, 11) is 0. The number of hydrogen-bond donors (Lipinski definition) is 0. The standard InChI is InChI=1S/C7H13NO2.C2H6/c1-6(9)8-5-10-4-7(8,2)3;1-2/h4-5H2,1-3H3;1-2H3. The lowest BCUT2D eigenvalue weighted by Crippen LogP contribution is -2.42. The van der Waals surface area contributed by atoms with Crippen molar-refractivity contribution >= 4 is 5.91 Å². The van der Waals surface area contributed by atoms with Gasteiger partial charge in [0.25, 0.3) is 0 Å². The predicted molar refractivity (Wildman–Crippen MR) is 48.8 cm³/mol. The molecule has 1 rings (SSSR count). The van der Waals surface area contributed by atoms with E-state index in [4.69, 9.17) is 4.74 Å². The van der Waals surface area contributed by atoms with Crippen LogP contribution in [0.15, 0.2) is 0 Å². The molecule has 3 heteroatoms. The van der Waals surface area contributed by atoms with Gasteiger partial charge in [0, 0.05) is 6.92 Å². The number of rotatable bonds is 0. The molecule has 0 aromatic carbocycles. The number of carbonyl (C=O) groups is 1. The van der Waals surface area contributed by atoms with Crippen LogP contribution in [0, 0.1) is 0 Å². The lowest BCUT2D eigenvalue weighted by molar-refractivity contribution is -0.132. The summed E-state index contributed by atoms with van der Waals surface area (Å²) in [5, 5.41) is 0. The molecule has 0 aliphatic carbocycles. The molecule has 1 fully saturated rings. The second kappa shape index (κ2) is 4.45. The largest absolute Gasteiger partial charge is 0.359 e. The minimum atomic E-state index is -0.105. The molecular weight excluding hydrogens is 154 g/mol. The summed E-state index contributed by atoms with van der Waals surface area (Å²) in [6, 6.07) is 0. The molecule has 1 aliphatic rings. The molecule has 0 unspecified atom stereocenters. The molecule has 72 valence electrons. The average molecular weight is 173 g/mol. The highest BCUT2D eigenvalue weighted by Crippen LogP contribution is 2.20. The van der Waals surface area contributed by atoms with Gasteiger partial charge >= 0.3 is 0 Å². The van der Waals surface area contributed by atoms with E-state index in [2.05, 4.69) is 0 Å². The summed E-state index contributed by atoms with van der Waals surface area (Å²) in [4.78, 5) is 12.6. The molecular formula is C9H19NO2. The van der Waals surface area contributed by atoms with Crippen molar-refractivity contribution in [2.24, 2.45) is 0 Å². The van der Waals surface area contributed by atoms with Crippen molar-refractivity contribution in [3.05, 3.63) is 0 Å². The Kier molecular flexibility index (Phi) is 4.24. The summed E-state index contributed by atoms with van der Waals surface area (Å²) >= 11 is 0. The summed E-state index contributed by atoms with van der Waals surface area (Å²) in [6.07, 6.45) is 0. The molecule has 0 atom stereocenters. The number of amides is 1. The molecule has 0 N–H and O–H groups in total. The van der Waals surface area contributed by atoms with E-state index in [0.717, 1.165) is 0 Å². The zero-order valence-corrected chi connectivity index (χ0v) is 8.68. The number of ether oxygens (including phenoxy) is 1. The van der Waals surface area contributed by atoms with Gasteiger partial charge < -0.3 is 9.64 Å². The molecule has 0 aromatic rings. The van der Waals surface area contributed by atoms with E-state index in [1.165, 1.54) is 0 Å². The van der Waals surface area contributed by atoms with Gasteiger partial charge in [0.15, 0.2) is 0 Å². The molecule has 1 aliphatic heterocycles. The smallest absolute Gasteiger partial charge is 0.221 e. The number of carbonyl (C=O) groups excluding carboxylic acids is 1. The van der Waals surface area contributed by atoms with Crippen molar-refractivity contribution in [1.29, 1.82) is 0 Å². The molecule has 1 saturated heterocycles. The van der Waals surface area contributed by atoms with Gasteiger partial charge in [-0.15, -0.1) is 0 Å². The molecule has 3 nitrogen and oxygen atoms in total. The Labute approximate surface area is 74.7 Å². The van der Waals surface area contributed by atoms with Crippen molar-refractivity contribution < 1.29 is 9.53 Å². The minimum absolute atomic E-state index is 0.0856. The molecule has 0 spiro atoms. The predicted octanol–water partition coefficient (Wildman–Crippen LogP) is 1.63. The summed E-state index contributed by atoms with van der Waals surface area (Å²) in [5.74, 6) is 0.0856. The highest BCUT2D eigenvalue weighted by atomic mass is 16.5. The van der Waals surface area contributed by atoms with E-state index < -0.39 is 0 Å². The third-order valence-electron chi connectivity index (χ3n) is 1.79. The Bertz CT molecular complexity index is 155. The van der Waals surface area contributed by atoms with Gasteiger partial charge in [0.2, 0.25) is 5.91 Å². The van der Waals surface area contributed by atoms with Gasteiger partial charge in [-0.05, 0) is 13.8 Å². The number of hydrogen-bond acceptors (Lipinski definition) is 2. The van der Waals surface area contributed by atoms with Crippen LogP contribution in [-0.2, 0) is 9.53 Å². The lowest BCUT2D eigenvalue weighted by atomic mass is 10.1. The van der Waals surface area contributed by atoms with Crippen LogP contribution in [0.1, 0.15) is 34.6 Å². The van der Waals surface area contributed by atoms with Gasteiger partial charge in [-0.2, -0.15) is 0 Å². The van der Waals surface area contributed by atoms with Crippen molar-refractivity contribution in [3.63, 3.8) is 0 Å². The van der Waals surface area contributed by atoms with Crippen molar-refractivity contribution in [2.75, 3.05) is 13.3 Å². The highest BCUT2D eigenvalue weighted by Gasteiger charge is 2.34. The Morgan fingerprint density at radius 1 is 1.42 bits per heavy atom. The molecule has 1 heterocycles. The molecule has 0 bridgehead atoms. The van der Waals surface area contributed by atoms with E-state index >= 15 is 0 Å². The van der Waals surface area contributed by atoms with E-state index in [9.17, 15) is 4.79 Å². The van der Waals surface area contributed by atoms with Gasteiger partial charge in [-0.1, -0.05) is 13.8 Å². The van der Waals surface area contributed by atoms with Crippen LogP contribution in [0.25, 0.3) is 0 Å². The lowest BCUT2D eigenvalue weighted by Gasteiger charge is -2.27. The van der Waals surface area contributed by atoms with E-state index in [1.807, 2.05) is 27.7 Å². The first-order valence-corrected chi connectivity index (χ1v) is 4.40. The Morgan fingerprint density at radius 2 is 1.92 bits per heavy atom. The van der Waals surface area contributed by atoms with Crippen LogP contribution < -0.4 is 0 Å². The van der Waals surface area contributed by atoms with Crippen LogP contribution >= 0.6 is 0 Å². The van der Waals surface area contributed by atoms with E-state index in [1.54, 1.807) is 11.8 Å². The Morgan fingerprint density at radius 3 is 2.08 bits per heavy atom. The summed E-state index contributed by atoms with van der Waals surface area (Å²) < 4.78 is 5.14. The quantitative estimate of drug-likeness (QED) is 0.557. The molecule has 0 saturated carbocycles. The fraction of sp³-hybridized carbons (Fsp3) is 0.889. The summed E-state index contributed by atoms with van der Waals surface area (Å²) in [5.41, 5.74) is -0.105. The molecule has 0 radical (unpaired) electrons. The van der Waals surface area contributed by atoms with Crippen LogP contribution in [0.4, 0.5) is 0 Å². The van der Waals surface area contributed by atoms with Crippen molar-refractivity contribution in [3.8, 4) is 0 Å². The highest BCUT2D eigenvalue weighted by molar-refractivity contribution is 5.74. The first-order valence-electron chi connectivity index (χ1n) is 4.40. The van der Waals surface area contributed by atoms with Crippen LogP contribution in [0.5, 0.6) is 0 Å². The molecule has 12 heavy (non-hydrogen) atoms. The van der Waals surface area contributed by atoms with E-state index in [0.29, 0.717) is 13.3 Å². The van der Waals surface area contributed by atoms with Gasteiger partial charge in [-0.3, -0.25) is 4.79 Å². The summed E-state index contributed by atoms with van der Waals surface area (Å²) in [6.45, 7) is 10.7. The second-order valence-corrected chi connectivity index (χ2v) is 3.24. The zero-order valence-electron chi connectivity index (χ0n) is 8.68. The fourth-order valence-electron chi connectivity index (χ4n) is 1.16.